The van der Waals surface area contributed by atoms with Crippen LogP contribution in [0.3, 0.4) is 0 Å². The molecule has 1 heterocycles. The Hall–Kier alpha value is -0.820. The van der Waals surface area contributed by atoms with Crippen LogP contribution in [0.1, 0.15) is 33.6 Å². The predicted molar refractivity (Wildman–Crippen MR) is 67.9 cm³/mol. The first-order valence-electron chi connectivity index (χ1n) is 5.97. The van der Waals surface area contributed by atoms with E-state index in [1.165, 1.54) is 37.1 Å². The Kier molecular flexibility index (Phi) is 4.34. The van der Waals surface area contributed by atoms with E-state index in [1.807, 2.05) is 19.9 Å². The summed E-state index contributed by atoms with van der Waals surface area (Å²) in [4.78, 5) is 0. The molecule has 15 heavy (non-hydrogen) atoms. The molecule has 0 aromatic rings. The molecule has 0 radical (unpaired) electrons. The molecule has 1 spiro atoms. The second-order valence-electron chi connectivity index (χ2n) is 4.21. The van der Waals surface area contributed by atoms with Crippen molar-refractivity contribution in [2.75, 3.05) is 13.1 Å². The summed E-state index contributed by atoms with van der Waals surface area (Å²) >= 11 is 0. The van der Waals surface area contributed by atoms with E-state index < -0.39 is 0 Å². The maximum atomic E-state index is 3.89. The van der Waals surface area contributed by atoms with Crippen LogP contribution in [0.25, 0.3) is 0 Å². The average Bonchev–Trinajstić information content (AvgIpc) is 2.60. The molecule has 0 bridgehead atoms. The zero-order valence-corrected chi connectivity index (χ0v) is 10.3. The smallest absolute Gasteiger partial charge is 0.00333 e. The van der Waals surface area contributed by atoms with E-state index >= 15 is 0 Å². The van der Waals surface area contributed by atoms with E-state index in [-0.39, 0.29) is 0 Å². The maximum absolute atomic E-state index is 3.89. The second kappa shape index (κ2) is 5.32. The van der Waals surface area contributed by atoms with E-state index in [2.05, 4.69) is 31.0 Å². The lowest BCUT2D eigenvalue weighted by atomic mass is 9.78. The summed E-state index contributed by atoms with van der Waals surface area (Å²) in [6.45, 7) is 12.3. The van der Waals surface area contributed by atoms with Gasteiger partial charge in [0.05, 0.1) is 0 Å². The van der Waals surface area contributed by atoms with E-state index in [0.717, 1.165) is 0 Å². The second-order valence-corrected chi connectivity index (χ2v) is 4.21. The molecule has 1 N–H and O–H groups in total. The molecule has 2 aliphatic rings. The summed E-state index contributed by atoms with van der Waals surface area (Å²) < 4.78 is 0. The summed E-state index contributed by atoms with van der Waals surface area (Å²) in [5, 5.41) is 3.37. The lowest BCUT2D eigenvalue weighted by molar-refractivity contribution is 0.183. The molecule has 1 nitrogen and oxygen atoms in total. The summed E-state index contributed by atoms with van der Waals surface area (Å²) in [5.41, 5.74) is 3.51. The summed E-state index contributed by atoms with van der Waals surface area (Å²) in [7, 11) is 0. The molecule has 0 atom stereocenters. The number of nitrogens with one attached hydrogen (secondary N) is 1. The Labute approximate surface area is 94.0 Å². The van der Waals surface area contributed by atoms with Gasteiger partial charge in [0.1, 0.15) is 0 Å². The fourth-order valence-corrected chi connectivity index (χ4v) is 2.40. The van der Waals surface area contributed by atoms with Crippen molar-refractivity contribution in [2.45, 2.75) is 33.6 Å². The first kappa shape index (κ1) is 12.3. The molecule has 0 unspecified atom stereocenters. The Morgan fingerprint density at radius 2 is 1.80 bits per heavy atom. The third-order valence-corrected chi connectivity index (χ3v) is 3.16. The highest BCUT2D eigenvalue weighted by atomic mass is 15.0. The Morgan fingerprint density at radius 1 is 1.20 bits per heavy atom. The zero-order valence-electron chi connectivity index (χ0n) is 10.3. The van der Waals surface area contributed by atoms with E-state index in [0.29, 0.717) is 5.41 Å². The molecule has 2 rings (SSSR count). The number of allylic oxidation sites excluding steroid dienone is 5. The van der Waals surface area contributed by atoms with Gasteiger partial charge in [0.25, 0.3) is 0 Å². The van der Waals surface area contributed by atoms with Crippen LogP contribution in [0.15, 0.2) is 36.0 Å². The zero-order chi connectivity index (χ0) is 11.3. The Morgan fingerprint density at radius 3 is 2.20 bits per heavy atom. The van der Waals surface area contributed by atoms with Crippen LogP contribution in [-0.2, 0) is 0 Å². The number of rotatable bonds is 2. The van der Waals surface area contributed by atoms with Crippen LogP contribution in [0.2, 0.25) is 0 Å². The van der Waals surface area contributed by atoms with Gasteiger partial charge < -0.3 is 5.32 Å². The van der Waals surface area contributed by atoms with Crippen molar-refractivity contribution < 1.29 is 0 Å². The lowest BCUT2D eigenvalue weighted by Gasteiger charge is -2.39. The normalized spacial score (nSPS) is 22.6. The summed E-state index contributed by atoms with van der Waals surface area (Å²) in [6.07, 6.45) is 8.87. The first-order chi connectivity index (χ1) is 7.29. The van der Waals surface area contributed by atoms with Crippen molar-refractivity contribution >= 4 is 0 Å². The van der Waals surface area contributed by atoms with Crippen LogP contribution in [-0.4, -0.2) is 13.1 Å². The summed E-state index contributed by atoms with van der Waals surface area (Å²) in [5.74, 6) is 0. The van der Waals surface area contributed by atoms with Gasteiger partial charge in [0.2, 0.25) is 0 Å². The molecule has 0 saturated carbocycles. The van der Waals surface area contributed by atoms with Crippen LogP contribution in [0.5, 0.6) is 0 Å². The van der Waals surface area contributed by atoms with Gasteiger partial charge in [-0.05, 0) is 30.9 Å². The van der Waals surface area contributed by atoms with Gasteiger partial charge in [0.15, 0.2) is 0 Å². The summed E-state index contributed by atoms with van der Waals surface area (Å²) in [6, 6.07) is 0. The Bertz CT molecular complexity index is 280. The highest BCUT2D eigenvalue weighted by Gasteiger charge is 2.41. The van der Waals surface area contributed by atoms with Crippen molar-refractivity contribution in [3.63, 3.8) is 0 Å². The van der Waals surface area contributed by atoms with Crippen LogP contribution in [0.4, 0.5) is 0 Å². The molecule has 1 fully saturated rings. The predicted octanol–water partition coefficient (Wildman–Crippen LogP) is 3.45. The standard InChI is InChI=1S/C12H17N.C2H6/c1-3-5-11-7-12(8-13-9-12)6-10(11)4-2;1-2/h3-5,13H,2,6-9H2,1H3;1-2H3/b5-3-;. The van der Waals surface area contributed by atoms with Crippen molar-refractivity contribution in [2.24, 2.45) is 5.41 Å². The topological polar surface area (TPSA) is 12.0 Å². The maximum Gasteiger partial charge on any atom is 0.00333 e. The largest absolute Gasteiger partial charge is 0.315 e. The van der Waals surface area contributed by atoms with Gasteiger partial charge in [-0.15, -0.1) is 0 Å². The molecule has 0 aromatic carbocycles. The molecule has 84 valence electrons. The van der Waals surface area contributed by atoms with Gasteiger partial charge in [-0.1, -0.05) is 38.7 Å². The van der Waals surface area contributed by atoms with Crippen molar-refractivity contribution in [3.8, 4) is 0 Å². The highest BCUT2D eigenvalue weighted by molar-refractivity contribution is 5.40. The number of hydrogen-bond donors (Lipinski definition) is 1. The van der Waals surface area contributed by atoms with E-state index in [1.54, 1.807) is 0 Å². The third kappa shape index (κ3) is 2.40. The third-order valence-electron chi connectivity index (χ3n) is 3.16. The minimum absolute atomic E-state index is 0.554. The van der Waals surface area contributed by atoms with Gasteiger partial charge in [-0.25, -0.2) is 0 Å². The molecular formula is C14H23N. The first-order valence-corrected chi connectivity index (χ1v) is 5.97. The SMILES string of the molecule is C=CC1=C(/C=C\C)CC2(CNC2)C1.CC. The van der Waals surface area contributed by atoms with Crippen molar-refractivity contribution in [1.29, 1.82) is 0 Å². The van der Waals surface area contributed by atoms with Gasteiger partial charge in [-0.2, -0.15) is 0 Å². The fourth-order valence-electron chi connectivity index (χ4n) is 2.40. The molecule has 1 saturated heterocycles. The molecule has 0 aromatic heterocycles. The van der Waals surface area contributed by atoms with E-state index in [9.17, 15) is 0 Å². The van der Waals surface area contributed by atoms with Crippen molar-refractivity contribution in [3.05, 3.63) is 36.0 Å². The molecular weight excluding hydrogens is 182 g/mol. The van der Waals surface area contributed by atoms with Gasteiger partial charge in [-0.3, -0.25) is 0 Å². The van der Waals surface area contributed by atoms with Crippen LogP contribution >= 0.6 is 0 Å². The van der Waals surface area contributed by atoms with Crippen molar-refractivity contribution in [1.82, 2.24) is 5.32 Å². The molecule has 0 amide bonds. The minimum Gasteiger partial charge on any atom is -0.315 e. The molecule has 1 heteroatoms. The highest BCUT2D eigenvalue weighted by Crippen LogP contribution is 2.45. The van der Waals surface area contributed by atoms with Crippen LogP contribution in [0, 0.1) is 5.41 Å². The van der Waals surface area contributed by atoms with Gasteiger partial charge >= 0.3 is 0 Å². The minimum atomic E-state index is 0.554. The fraction of sp³-hybridized carbons (Fsp3) is 0.571. The monoisotopic (exact) mass is 205 g/mol. The Balaban J connectivity index is 0.000000531. The average molecular weight is 205 g/mol. The van der Waals surface area contributed by atoms with Gasteiger partial charge in [0, 0.05) is 18.5 Å². The number of hydrogen-bond acceptors (Lipinski definition) is 1. The quantitative estimate of drug-likeness (QED) is 0.728. The van der Waals surface area contributed by atoms with E-state index in [4.69, 9.17) is 0 Å². The molecule has 1 aliphatic heterocycles. The van der Waals surface area contributed by atoms with Crippen LogP contribution < -0.4 is 5.32 Å². The molecule has 1 aliphatic carbocycles. The lowest BCUT2D eigenvalue weighted by Crippen LogP contribution is -2.52.